The number of carbonyl (C=O) groups excluding carboxylic acids is 1. The average Bonchev–Trinajstić information content (AvgIpc) is 2.86. The van der Waals surface area contributed by atoms with Crippen LogP contribution in [0.4, 0.5) is 5.13 Å². The normalized spacial score (nSPS) is 10.7. The molecular weight excluding hydrogens is 212 g/mol. The first kappa shape index (κ1) is 9.67. The number of amides is 1. The van der Waals surface area contributed by atoms with E-state index in [2.05, 4.69) is 10.3 Å². The lowest BCUT2D eigenvalue weighted by molar-refractivity contribution is -0.111. The average molecular weight is 220 g/mol. The zero-order chi connectivity index (χ0) is 10.5. The van der Waals surface area contributed by atoms with Gasteiger partial charge in [0, 0.05) is 17.7 Å². The van der Waals surface area contributed by atoms with E-state index in [0.29, 0.717) is 10.9 Å². The maximum absolute atomic E-state index is 11.3. The molecular formula is C10H8N2O2S. The summed E-state index contributed by atoms with van der Waals surface area (Å²) in [6.45, 7) is 0. The van der Waals surface area contributed by atoms with E-state index in [-0.39, 0.29) is 5.91 Å². The second-order valence-corrected chi connectivity index (χ2v) is 3.57. The van der Waals surface area contributed by atoms with Crippen molar-refractivity contribution < 1.29 is 9.21 Å². The fraction of sp³-hybridized carbons (Fsp3) is 0. The van der Waals surface area contributed by atoms with Crippen molar-refractivity contribution in [1.29, 1.82) is 0 Å². The molecule has 5 heteroatoms. The first-order valence-corrected chi connectivity index (χ1v) is 5.14. The van der Waals surface area contributed by atoms with E-state index >= 15 is 0 Å². The van der Waals surface area contributed by atoms with Gasteiger partial charge in [-0.3, -0.25) is 10.1 Å². The lowest BCUT2D eigenvalue weighted by Crippen LogP contribution is -2.06. The molecule has 2 aromatic rings. The molecule has 0 aromatic carbocycles. The molecule has 76 valence electrons. The second kappa shape index (κ2) is 4.56. The van der Waals surface area contributed by atoms with E-state index in [4.69, 9.17) is 4.42 Å². The minimum absolute atomic E-state index is 0.221. The highest BCUT2D eigenvalue weighted by Gasteiger charge is 1.99. The highest BCUT2D eigenvalue weighted by Crippen LogP contribution is 2.10. The number of nitrogens with one attached hydrogen (secondary N) is 1. The van der Waals surface area contributed by atoms with E-state index in [1.165, 1.54) is 17.4 Å². The zero-order valence-corrected chi connectivity index (χ0v) is 8.53. The Morgan fingerprint density at radius 2 is 2.53 bits per heavy atom. The lowest BCUT2D eigenvalue weighted by Gasteiger charge is -1.93. The lowest BCUT2D eigenvalue weighted by atomic mass is 10.4. The van der Waals surface area contributed by atoms with Crippen molar-refractivity contribution in [2.24, 2.45) is 0 Å². The first-order chi connectivity index (χ1) is 7.34. The van der Waals surface area contributed by atoms with Crippen LogP contribution in [0.1, 0.15) is 5.76 Å². The van der Waals surface area contributed by atoms with Crippen LogP contribution in [-0.4, -0.2) is 10.9 Å². The molecule has 0 aliphatic heterocycles. The van der Waals surface area contributed by atoms with E-state index in [9.17, 15) is 4.79 Å². The number of thiazole rings is 1. The number of hydrogen-bond donors (Lipinski definition) is 1. The molecule has 4 nitrogen and oxygen atoms in total. The third-order valence-corrected chi connectivity index (χ3v) is 2.29. The minimum Gasteiger partial charge on any atom is -0.465 e. The molecule has 0 radical (unpaired) electrons. The number of aromatic nitrogens is 1. The molecule has 2 heterocycles. The maximum Gasteiger partial charge on any atom is 0.250 e. The molecule has 0 atom stereocenters. The second-order valence-electron chi connectivity index (χ2n) is 2.68. The smallest absolute Gasteiger partial charge is 0.250 e. The molecule has 1 N–H and O–H groups in total. The molecule has 0 spiro atoms. The van der Waals surface area contributed by atoms with Crippen molar-refractivity contribution in [1.82, 2.24) is 4.98 Å². The summed E-state index contributed by atoms with van der Waals surface area (Å²) in [6, 6.07) is 3.53. The quantitative estimate of drug-likeness (QED) is 0.808. The van der Waals surface area contributed by atoms with Crippen molar-refractivity contribution in [3.63, 3.8) is 0 Å². The third kappa shape index (κ3) is 2.78. The van der Waals surface area contributed by atoms with Gasteiger partial charge in [-0.25, -0.2) is 4.98 Å². The van der Waals surface area contributed by atoms with Crippen LogP contribution in [0.25, 0.3) is 6.08 Å². The molecule has 2 aromatic heterocycles. The number of anilines is 1. The van der Waals surface area contributed by atoms with Crippen LogP contribution in [0, 0.1) is 0 Å². The van der Waals surface area contributed by atoms with Crippen LogP contribution < -0.4 is 5.32 Å². The first-order valence-electron chi connectivity index (χ1n) is 4.26. The predicted octanol–water partition coefficient (Wildman–Crippen LogP) is 2.39. The van der Waals surface area contributed by atoms with Gasteiger partial charge in [-0.2, -0.15) is 0 Å². The Bertz CT molecular complexity index is 446. The van der Waals surface area contributed by atoms with E-state index in [0.717, 1.165) is 0 Å². The van der Waals surface area contributed by atoms with Gasteiger partial charge in [-0.05, 0) is 18.2 Å². The zero-order valence-electron chi connectivity index (χ0n) is 7.71. The summed E-state index contributed by atoms with van der Waals surface area (Å²) in [5.74, 6) is 0.422. The Balaban J connectivity index is 1.93. The molecule has 0 aliphatic rings. The van der Waals surface area contributed by atoms with Gasteiger partial charge in [-0.1, -0.05) is 0 Å². The largest absolute Gasteiger partial charge is 0.465 e. The topological polar surface area (TPSA) is 55.1 Å². The minimum atomic E-state index is -0.221. The molecule has 0 fully saturated rings. The fourth-order valence-corrected chi connectivity index (χ4v) is 1.51. The van der Waals surface area contributed by atoms with Crippen LogP contribution in [0.5, 0.6) is 0 Å². The molecule has 0 bridgehead atoms. The Morgan fingerprint density at radius 3 is 3.20 bits per heavy atom. The summed E-state index contributed by atoms with van der Waals surface area (Å²) in [5, 5.41) is 5.01. The van der Waals surface area contributed by atoms with Gasteiger partial charge < -0.3 is 4.42 Å². The van der Waals surface area contributed by atoms with Crippen molar-refractivity contribution in [3.8, 4) is 0 Å². The number of hydrogen-bond acceptors (Lipinski definition) is 4. The van der Waals surface area contributed by atoms with Crippen molar-refractivity contribution >= 4 is 28.5 Å². The van der Waals surface area contributed by atoms with Gasteiger partial charge in [0.25, 0.3) is 0 Å². The number of nitrogens with zero attached hydrogens (tertiary/aromatic N) is 1. The Morgan fingerprint density at radius 1 is 1.60 bits per heavy atom. The molecule has 0 saturated carbocycles. The van der Waals surface area contributed by atoms with E-state index in [1.54, 1.807) is 36.0 Å². The van der Waals surface area contributed by atoms with Crippen molar-refractivity contribution in [3.05, 3.63) is 41.8 Å². The third-order valence-electron chi connectivity index (χ3n) is 1.60. The van der Waals surface area contributed by atoms with Crippen LogP contribution in [-0.2, 0) is 4.79 Å². The molecule has 0 unspecified atom stereocenters. The standard InChI is InChI=1S/C10H8N2O2S/c13-9(12-10-11-5-7-15-10)4-3-8-2-1-6-14-8/h1-7H,(H,11,12,13)/b4-3-. The summed E-state index contributed by atoms with van der Waals surface area (Å²) in [5.41, 5.74) is 0. The van der Waals surface area contributed by atoms with Gasteiger partial charge in [-0.15, -0.1) is 11.3 Å². The Labute approximate surface area is 90.3 Å². The maximum atomic E-state index is 11.3. The van der Waals surface area contributed by atoms with E-state index < -0.39 is 0 Å². The van der Waals surface area contributed by atoms with Crippen LogP contribution in [0.2, 0.25) is 0 Å². The number of furan rings is 1. The monoisotopic (exact) mass is 220 g/mol. The Hall–Kier alpha value is -1.88. The van der Waals surface area contributed by atoms with Crippen LogP contribution >= 0.6 is 11.3 Å². The fourth-order valence-electron chi connectivity index (χ4n) is 0.976. The molecule has 0 aliphatic carbocycles. The summed E-state index contributed by atoms with van der Waals surface area (Å²) in [7, 11) is 0. The van der Waals surface area contributed by atoms with Crippen LogP contribution in [0.15, 0.2) is 40.5 Å². The highest BCUT2D eigenvalue weighted by atomic mass is 32.1. The highest BCUT2D eigenvalue weighted by molar-refractivity contribution is 7.13. The summed E-state index contributed by atoms with van der Waals surface area (Å²) in [6.07, 6.45) is 6.19. The van der Waals surface area contributed by atoms with Gasteiger partial charge in [0.2, 0.25) is 5.91 Å². The molecule has 15 heavy (non-hydrogen) atoms. The summed E-state index contributed by atoms with van der Waals surface area (Å²) in [4.78, 5) is 15.3. The molecule has 2 rings (SSSR count). The molecule has 1 amide bonds. The summed E-state index contributed by atoms with van der Waals surface area (Å²) >= 11 is 1.37. The predicted molar refractivity (Wildman–Crippen MR) is 58.5 cm³/mol. The van der Waals surface area contributed by atoms with Gasteiger partial charge in [0.15, 0.2) is 5.13 Å². The van der Waals surface area contributed by atoms with Crippen molar-refractivity contribution in [2.45, 2.75) is 0 Å². The van der Waals surface area contributed by atoms with Gasteiger partial charge in [0.05, 0.1) is 6.26 Å². The number of carbonyl (C=O) groups is 1. The number of rotatable bonds is 3. The molecule has 0 saturated heterocycles. The SMILES string of the molecule is O=C(/C=C\c1ccco1)Nc1nccs1. The van der Waals surface area contributed by atoms with Crippen molar-refractivity contribution in [2.75, 3.05) is 5.32 Å². The van der Waals surface area contributed by atoms with Gasteiger partial charge in [0.1, 0.15) is 5.76 Å². The van der Waals surface area contributed by atoms with Crippen LogP contribution in [0.3, 0.4) is 0 Å². The van der Waals surface area contributed by atoms with Gasteiger partial charge >= 0.3 is 0 Å². The summed E-state index contributed by atoms with van der Waals surface area (Å²) < 4.78 is 5.04. The Kier molecular flexibility index (Phi) is 2.94. The van der Waals surface area contributed by atoms with E-state index in [1.807, 2.05) is 0 Å².